The van der Waals surface area contributed by atoms with E-state index in [1.807, 2.05) is 0 Å². The molecule has 1 aliphatic carbocycles. The summed E-state index contributed by atoms with van der Waals surface area (Å²) < 4.78 is 10.5. The molecule has 0 saturated heterocycles. The fraction of sp³-hybridized carbons (Fsp3) is 1.00. The number of hydrogen-bond donors (Lipinski definition) is 1. The Kier molecular flexibility index (Phi) is 7.01. The van der Waals surface area contributed by atoms with Gasteiger partial charge in [-0.2, -0.15) is 0 Å². The lowest BCUT2D eigenvalue weighted by Gasteiger charge is -2.21. The van der Waals surface area contributed by atoms with Crippen LogP contribution < -0.4 is 5.32 Å². The number of methoxy groups -OCH3 is 1. The third kappa shape index (κ3) is 5.58. The molecule has 1 fully saturated rings. The molecule has 0 amide bonds. The smallest absolute Gasteiger partial charge is 0.0966 e. The highest BCUT2D eigenvalue weighted by atomic mass is 16.5. The Morgan fingerprint density at radius 2 is 2.00 bits per heavy atom. The van der Waals surface area contributed by atoms with Gasteiger partial charge < -0.3 is 9.47 Å². The highest BCUT2D eigenvalue weighted by Gasteiger charge is 2.12. The van der Waals surface area contributed by atoms with E-state index in [0.717, 1.165) is 25.7 Å². The van der Waals surface area contributed by atoms with Crippen molar-refractivity contribution in [1.82, 2.24) is 5.32 Å². The van der Waals surface area contributed by atoms with E-state index >= 15 is 0 Å². The summed E-state index contributed by atoms with van der Waals surface area (Å²) in [5.41, 5.74) is 0. The monoisotopic (exact) mass is 201 g/mol. The van der Waals surface area contributed by atoms with E-state index < -0.39 is 0 Å². The molecule has 3 heteroatoms. The second kappa shape index (κ2) is 8.21. The van der Waals surface area contributed by atoms with E-state index in [-0.39, 0.29) is 0 Å². The third-order valence-corrected chi connectivity index (χ3v) is 2.77. The van der Waals surface area contributed by atoms with Crippen molar-refractivity contribution in [3.63, 3.8) is 0 Å². The van der Waals surface area contributed by atoms with Crippen LogP contribution in [0.25, 0.3) is 0 Å². The number of hydrogen-bond acceptors (Lipinski definition) is 3. The van der Waals surface area contributed by atoms with Gasteiger partial charge in [0.2, 0.25) is 0 Å². The van der Waals surface area contributed by atoms with Gasteiger partial charge in [-0.05, 0) is 18.8 Å². The predicted molar refractivity (Wildman–Crippen MR) is 57.3 cm³/mol. The molecule has 0 aliphatic heterocycles. The Labute approximate surface area is 87.2 Å². The Balaban J connectivity index is 1.82. The van der Waals surface area contributed by atoms with Gasteiger partial charge in [-0.15, -0.1) is 0 Å². The summed E-state index contributed by atoms with van der Waals surface area (Å²) in [6.45, 7) is 3.23. The van der Waals surface area contributed by atoms with Gasteiger partial charge >= 0.3 is 0 Å². The summed E-state index contributed by atoms with van der Waals surface area (Å²) in [7, 11) is 1.71. The Morgan fingerprint density at radius 3 is 2.71 bits per heavy atom. The Hall–Kier alpha value is -0.120. The zero-order valence-corrected chi connectivity index (χ0v) is 9.26. The van der Waals surface area contributed by atoms with Crippen LogP contribution in [0.2, 0.25) is 0 Å². The van der Waals surface area contributed by atoms with Gasteiger partial charge in [-0.3, -0.25) is 5.32 Å². The summed E-state index contributed by atoms with van der Waals surface area (Å²) in [5.74, 6) is 0.813. The first-order valence-electron chi connectivity index (χ1n) is 5.71. The van der Waals surface area contributed by atoms with Crippen LogP contribution in [-0.2, 0) is 9.47 Å². The zero-order valence-electron chi connectivity index (χ0n) is 9.26. The molecule has 3 nitrogen and oxygen atoms in total. The lowest BCUT2D eigenvalue weighted by molar-refractivity contribution is 0.0681. The molecule has 0 bridgehead atoms. The highest BCUT2D eigenvalue weighted by molar-refractivity contribution is 4.64. The van der Waals surface area contributed by atoms with E-state index in [0.29, 0.717) is 6.73 Å². The predicted octanol–water partition coefficient (Wildman–Crippen LogP) is 1.78. The number of rotatable bonds is 7. The maximum absolute atomic E-state index is 5.55. The average Bonchev–Trinajstić information content (AvgIpc) is 2.25. The molecule has 1 aliphatic rings. The van der Waals surface area contributed by atoms with Gasteiger partial charge in [0.05, 0.1) is 19.9 Å². The molecule has 0 radical (unpaired) electrons. The van der Waals surface area contributed by atoms with Gasteiger partial charge in [0.15, 0.2) is 0 Å². The molecule has 0 aromatic rings. The largest absolute Gasteiger partial charge is 0.383 e. The molecule has 1 N–H and O–H groups in total. The average molecular weight is 201 g/mol. The lowest BCUT2D eigenvalue weighted by atomic mass is 9.90. The molecule has 0 unspecified atom stereocenters. The molecular formula is C11H23NO2. The fourth-order valence-electron chi connectivity index (χ4n) is 1.90. The molecule has 0 atom stereocenters. The zero-order chi connectivity index (χ0) is 10.1. The van der Waals surface area contributed by atoms with Crippen molar-refractivity contribution in [1.29, 1.82) is 0 Å². The van der Waals surface area contributed by atoms with Crippen molar-refractivity contribution in [2.24, 2.45) is 5.92 Å². The molecule has 0 aromatic carbocycles. The lowest BCUT2D eigenvalue weighted by Crippen LogP contribution is -2.24. The summed E-state index contributed by atoms with van der Waals surface area (Å²) in [6.07, 6.45) is 6.93. The van der Waals surface area contributed by atoms with E-state index in [4.69, 9.17) is 9.47 Å². The summed E-state index contributed by atoms with van der Waals surface area (Å²) in [6, 6.07) is 0. The Bertz CT molecular complexity index is 124. The normalized spacial score (nSPS) is 18.6. The van der Waals surface area contributed by atoms with Crippen LogP contribution in [0.3, 0.4) is 0 Å². The quantitative estimate of drug-likeness (QED) is 0.503. The summed E-state index contributed by atoms with van der Waals surface area (Å²) >= 11 is 0. The van der Waals surface area contributed by atoms with Gasteiger partial charge in [-0.1, -0.05) is 19.3 Å². The van der Waals surface area contributed by atoms with Crippen molar-refractivity contribution < 1.29 is 9.47 Å². The maximum atomic E-state index is 5.55. The van der Waals surface area contributed by atoms with Crippen LogP contribution >= 0.6 is 0 Å². The molecular weight excluding hydrogens is 178 g/mol. The second-order valence-electron chi connectivity index (χ2n) is 4.01. The Morgan fingerprint density at radius 1 is 1.21 bits per heavy atom. The molecule has 0 heterocycles. The van der Waals surface area contributed by atoms with Gasteiger partial charge in [0.1, 0.15) is 0 Å². The number of nitrogens with one attached hydrogen (secondary N) is 1. The molecule has 84 valence electrons. The summed E-state index contributed by atoms with van der Waals surface area (Å²) in [5, 5.41) is 3.18. The standard InChI is InChI=1S/C11H23NO2/c1-13-8-7-12-10-14-9-11-5-3-2-4-6-11/h11-12H,2-10H2,1H3. The third-order valence-electron chi connectivity index (χ3n) is 2.77. The molecule has 0 spiro atoms. The van der Waals surface area contributed by atoms with Crippen LogP contribution in [0, 0.1) is 5.92 Å². The van der Waals surface area contributed by atoms with E-state index in [1.165, 1.54) is 32.1 Å². The van der Waals surface area contributed by atoms with Crippen molar-refractivity contribution in [2.45, 2.75) is 32.1 Å². The SMILES string of the molecule is COCCNCOCC1CCCCC1. The van der Waals surface area contributed by atoms with Crippen LogP contribution in [-0.4, -0.2) is 33.6 Å². The van der Waals surface area contributed by atoms with Crippen molar-refractivity contribution in [3.05, 3.63) is 0 Å². The van der Waals surface area contributed by atoms with Crippen molar-refractivity contribution in [2.75, 3.05) is 33.6 Å². The van der Waals surface area contributed by atoms with Gasteiger partial charge in [-0.25, -0.2) is 0 Å². The highest BCUT2D eigenvalue weighted by Crippen LogP contribution is 2.23. The van der Waals surface area contributed by atoms with Crippen LogP contribution in [0.5, 0.6) is 0 Å². The minimum atomic E-state index is 0.667. The first-order valence-corrected chi connectivity index (χ1v) is 5.71. The first kappa shape index (κ1) is 12.0. The van der Waals surface area contributed by atoms with E-state index in [1.54, 1.807) is 7.11 Å². The van der Waals surface area contributed by atoms with Crippen LogP contribution in [0.15, 0.2) is 0 Å². The maximum Gasteiger partial charge on any atom is 0.0966 e. The van der Waals surface area contributed by atoms with Crippen LogP contribution in [0.1, 0.15) is 32.1 Å². The molecule has 14 heavy (non-hydrogen) atoms. The van der Waals surface area contributed by atoms with Gasteiger partial charge in [0, 0.05) is 13.7 Å². The molecule has 1 rings (SSSR count). The van der Waals surface area contributed by atoms with E-state index in [2.05, 4.69) is 5.32 Å². The first-order chi connectivity index (χ1) is 6.93. The summed E-state index contributed by atoms with van der Waals surface area (Å²) in [4.78, 5) is 0. The molecule has 0 aromatic heterocycles. The minimum Gasteiger partial charge on any atom is -0.383 e. The number of ether oxygens (including phenoxy) is 2. The molecule has 1 saturated carbocycles. The topological polar surface area (TPSA) is 30.5 Å². The van der Waals surface area contributed by atoms with Crippen molar-refractivity contribution >= 4 is 0 Å². The van der Waals surface area contributed by atoms with Crippen molar-refractivity contribution in [3.8, 4) is 0 Å². The fourth-order valence-corrected chi connectivity index (χ4v) is 1.90. The van der Waals surface area contributed by atoms with E-state index in [9.17, 15) is 0 Å². The minimum absolute atomic E-state index is 0.667. The van der Waals surface area contributed by atoms with Crippen LogP contribution in [0.4, 0.5) is 0 Å². The van der Waals surface area contributed by atoms with Gasteiger partial charge in [0.25, 0.3) is 0 Å². The second-order valence-corrected chi connectivity index (χ2v) is 4.01.